The van der Waals surface area contributed by atoms with E-state index in [9.17, 15) is 9.59 Å². The first-order valence-electron chi connectivity index (χ1n) is 4.66. The fourth-order valence-electron chi connectivity index (χ4n) is 0.715. The molecule has 9 heteroatoms. The van der Waals surface area contributed by atoms with E-state index >= 15 is 0 Å². The number of carbonyl (C=O) groups is 2. The molecule has 0 aliphatic carbocycles. The molecule has 0 rings (SSSR count). The molecule has 0 bridgehead atoms. The molecule has 0 amide bonds. The molecule has 6 N–H and O–H groups in total. The van der Waals surface area contributed by atoms with Gasteiger partial charge in [-0.25, -0.2) is 0 Å². The van der Waals surface area contributed by atoms with Crippen LogP contribution in [-0.2, 0) is 9.59 Å². The Labute approximate surface area is 115 Å². The first-order chi connectivity index (χ1) is 7.45. The van der Waals surface area contributed by atoms with Crippen molar-refractivity contribution in [3.05, 3.63) is 0 Å². The van der Waals surface area contributed by atoms with Gasteiger partial charge in [-0.2, -0.15) is 13.5 Å². The van der Waals surface area contributed by atoms with Gasteiger partial charge >= 0.3 is 11.9 Å². The molecule has 17 heavy (non-hydrogen) atoms. The number of hydrogen-bond acceptors (Lipinski definition) is 6. The van der Waals surface area contributed by atoms with Crippen molar-refractivity contribution in [1.29, 1.82) is 0 Å². The molecule has 0 radical (unpaired) electrons. The van der Waals surface area contributed by atoms with Crippen LogP contribution < -0.4 is 11.5 Å². The molecule has 0 saturated carbocycles. The third-order valence-electron chi connectivity index (χ3n) is 1.74. The minimum absolute atomic E-state index is 0. The van der Waals surface area contributed by atoms with Gasteiger partial charge in [-0.15, -0.1) is 0 Å². The summed E-state index contributed by atoms with van der Waals surface area (Å²) in [6, 6.07) is -1.65. The highest BCUT2D eigenvalue weighted by Gasteiger charge is 2.12. The second-order valence-electron chi connectivity index (χ2n) is 3.11. The highest BCUT2D eigenvalue weighted by Crippen LogP contribution is 2.23. The average Bonchev–Trinajstić information content (AvgIpc) is 2.21. The van der Waals surface area contributed by atoms with Gasteiger partial charge in [-0.1, -0.05) is 21.6 Å². The van der Waals surface area contributed by atoms with E-state index in [4.69, 9.17) is 21.7 Å². The maximum atomic E-state index is 10.4. The van der Waals surface area contributed by atoms with E-state index in [1.165, 1.54) is 21.6 Å². The fraction of sp³-hybridized carbons (Fsp3) is 0.750. The maximum absolute atomic E-state index is 10.4. The Kier molecular flexibility index (Phi) is 12.5. The lowest BCUT2D eigenvalue weighted by molar-refractivity contribution is -0.139. The van der Waals surface area contributed by atoms with Crippen LogP contribution in [0.15, 0.2) is 0 Å². The molecule has 2 unspecified atom stereocenters. The summed E-state index contributed by atoms with van der Waals surface area (Å²) in [6.07, 6.45) is 0.802. The van der Waals surface area contributed by atoms with E-state index < -0.39 is 24.0 Å². The summed E-state index contributed by atoms with van der Waals surface area (Å²) in [6.45, 7) is 0. The molecule has 0 saturated heterocycles. The highest BCUT2D eigenvalue weighted by atomic mass is 33.1. The van der Waals surface area contributed by atoms with Gasteiger partial charge < -0.3 is 21.7 Å². The van der Waals surface area contributed by atoms with Crippen LogP contribution in [-0.4, -0.2) is 45.7 Å². The lowest BCUT2D eigenvalue weighted by atomic mass is 10.2. The molecule has 0 aliphatic rings. The Morgan fingerprint density at radius 1 is 0.941 bits per heavy atom. The monoisotopic (exact) mass is 302 g/mol. The molecule has 0 spiro atoms. The summed E-state index contributed by atoms with van der Waals surface area (Å²) < 4.78 is 0. The van der Waals surface area contributed by atoms with E-state index in [1.807, 2.05) is 0 Å². The Bertz CT molecular complexity index is 219. The first kappa shape index (κ1) is 19.3. The predicted octanol–water partition coefficient (Wildman–Crippen LogP) is 0.0846. The van der Waals surface area contributed by atoms with Crippen LogP contribution >= 0.6 is 35.1 Å². The topological polar surface area (TPSA) is 127 Å². The second-order valence-corrected chi connectivity index (χ2v) is 5.81. The Hall–Kier alpha value is -0.0900. The van der Waals surface area contributed by atoms with Crippen LogP contribution in [0.25, 0.3) is 0 Å². The third-order valence-corrected chi connectivity index (χ3v) is 4.21. The maximum Gasteiger partial charge on any atom is 0.320 e. The average molecular weight is 302 g/mol. The van der Waals surface area contributed by atoms with Gasteiger partial charge in [0.25, 0.3) is 0 Å². The number of hydrogen-bond donors (Lipinski definition) is 4. The van der Waals surface area contributed by atoms with Gasteiger partial charge in [0.05, 0.1) is 0 Å². The quantitative estimate of drug-likeness (QED) is 0.348. The lowest BCUT2D eigenvalue weighted by Crippen LogP contribution is -2.30. The smallest absolute Gasteiger partial charge is 0.320 e. The predicted molar refractivity (Wildman–Crippen MR) is 75.8 cm³/mol. The van der Waals surface area contributed by atoms with Gasteiger partial charge in [0, 0.05) is 11.5 Å². The molecule has 0 aliphatic heterocycles. The zero-order chi connectivity index (χ0) is 12.6. The van der Waals surface area contributed by atoms with Gasteiger partial charge in [0.2, 0.25) is 0 Å². The van der Waals surface area contributed by atoms with E-state index in [-0.39, 0.29) is 13.5 Å². The van der Waals surface area contributed by atoms with E-state index in [2.05, 4.69) is 0 Å². The summed E-state index contributed by atoms with van der Waals surface area (Å²) in [4.78, 5) is 20.7. The summed E-state index contributed by atoms with van der Waals surface area (Å²) in [7, 11) is 2.96. The Balaban J connectivity index is 0. The van der Waals surface area contributed by atoms with E-state index in [1.54, 1.807) is 0 Å². The van der Waals surface area contributed by atoms with Crippen molar-refractivity contribution in [3.8, 4) is 0 Å². The first-order valence-corrected chi connectivity index (χ1v) is 7.15. The van der Waals surface area contributed by atoms with Crippen molar-refractivity contribution >= 4 is 47.0 Å². The largest absolute Gasteiger partial charge is 0.480 e. The molecule has 0 heterocycles. The Morgan fingerprint density at radius 2 is 1.24 bits per heavy atom. The summed E-state index contributed by atoms with van der Waals surface area (Å²) in [5, 5.41) is 17.0. The van der Waals surface area contributed by atoms with Crippen LogP contribution in [0.4, 0.5) is 0 Å². The third kappa shape index (κ3) is 10.8. The van der Waals surface area contributed by atoms with Crippen molar-refractivity contribution in [2.24, 2.45) is 11.5 Å². The number of carboxylic acids is 2. The number of carboxylic acid groups (broad SMARTS) is 2. The molecule has 0 aromatic heterocycles. The molecule has 0 aromatic carbocycles. The van der Waals surface area contributed by atoms with Gasteiger partial charge in [0.1, 0.15) is 12.1 Å². The number of nitrogens with two attached hydrogens (primary N) is 2. The molecule has 2 atom stereocenters. The lowest BCUT2D eigenvalue weighted by Gasteiger charge is -2.06. The molecule has 102 valence electrons. The summed E-state index contributed by atoms with van der Waals surface area (Å²) in [5.41, 5.74) is 10.6. The van der Waals surface area contributed by atoms with Crippen molar-refractivity contribution in [2.75, 3.05) is 11.5 Å². The zero-order valence-corrected chi connectivity index (χ0v) is 11.8. The highest BCUT2D eigenvalue weighted by molar-refractivity contribution is 8.76. The number of aliphatic carboxylic acids is 2. The normalized spacial score (nSPS) is 13.5. The van der Waals surface area contributed by atoms with Crippen LogP contribution in [0.3, 0.4) is 0 Å². The zero-order valence-electron chi connectivity index (χ0n) is 9.17. The van der Waals surface area contributed by atoms with E-state index in [0.29, 0.717) is 24.3 Å². The molecule has 6 nitrogen and oxygen atoms in total. The van der Waals surface area contributed by atoms with Gasteiger partial charge in [-0.3, -0.25) is 9.59 Å². The minimum atomic E-state index is -1.00. The standard InChI is InChI=1S/C8H16N2O4S2.H2S/c9-5(7(11)12)1-3-15-16-4-2-6(10)8(13)14;/h5-6H,1-4,9-10H2,(H,11,12)(H,13,14);1H2. The van der Waals surface area contributed by atoms with Crippen LogP contribution in [0.1, 0.15) is 12.8 Å². The molecular weight excluding hydrogens is 284 g/mol. The summed E-state index contributed by atoms with van der Waals surface area (Å²) >= 11 is 0. The molecule has 0 aromatic rings. The summed E-state index contributed by atoms with van der Waals surface area (Å²) in [5.74, 6) is -0.752. The number of rotatable bonds is 9. The van der Waals surface area contributed by atoms with Crippen LogP contribution in [0, 0.1) is 0 Å². The second kappa shape index (κ2) is 11.0. The SMILES string of the molecule is NC(CCSSCCC(N)C(=O)O)C(=O)O.S. The van der Waals surface area contributed by atoms with Gasteiger partial charge in [0.15, 0.2) is 0 Å². The minimum Gasteiger partial charge on any atom is -0.480 e. The van der Waals surface area contributed by atoms with Crippen molar-refractivity contribution in [2.45, 2.75) is 24.9 Å². The van der Waals surface area contributed by atoms with Crippen LogP contribution in [0.2, 0.25) is 0 Å². The van der Waals surface area contributed by atoms with Crippen molar-refractivity contribution < 1.29 is 19.8 Å². The van der Waals surface area contributed by atoms with Crippen LogP contribution in [0.5, 0.6) is 0 Å². The van der Waals surface area contributed by atoms with Crippen molar-refractivity contribution in [3.63, 3.8) is 0 Å². The van der Waals surface area contributed by atoms with E-state index in [0.717, 1.165) is 0 Å². The van der Waals surface area contributed by atoms with Gasteiger partial charge in [-0.05, 0) is 12.8 Å². The molecule has 0 fully saturated rings. The fourth-order valence-corrected chi connectivity index (χ4v) is 2.94. The molecular formula is C8H18N2O4S3. The van der Waals surface area contributed by atoms with Crippen molar-refractivity contribution in [1.82, 2.24) is 0 Å². The Morgan fingerprint density at radius 3 is 1.47 bits per heavy atom.